The Hall–Kier alpha value is -3.21. The van der Waals surface area contributed by atoms with Gasteiger partial charge >= 0.3 is 0 Å². The van der Waals surface area contributed by atoms with Gasteiger partial charge in [-0.2, -0.15) is 4.98 Å². The fourth-order valence-corrected chi connectivity index (χ4v) is 2.59. The van der Waals surface area contributed by atoms with E-state index < -0.39 is 0 Å². The number of benzene rings is 2. The van der Waals surface area contributed by atoms with Gasteiger partial charge in [0.1, 0.15) is 5.82 Å². The van der Waals surface area contributed by atoms with Gasteiger partial charge in [-0.25, -0.2) is 4.98 Å². The van der Waals surface area contributed by atoms with E-state index in [2.05, 4.69) is 44.9 Å². The maximum atomic E-state index is 11.3. The normalized spacial score (nSPS) is 10.3. The van der Waals surface area contributed by atoms with E-state index in [0.717, 1.165) is 25.1 Å². The Morgan fingerprint density at radius 2 is 1.77 bits per heavy atom. The average molecular weight is 346 g/mol. The van der Waals surface area contributed by atoms with Crippen molar-refractivity contribution in [2.75, 3.05) is 17.2 Å². The number of nitrogens with zero attached hydrogens (tertiary/aromatic N) is 2. The summed E-state index contributed by atoms with van der Waals surface area (Å²) in [6.45, 7) is 2.37. The maximum Gasteiger partial charge on any atom is 0.224 e. The first-order valence-electron chi connectivity index (χ1n) is 8.69. The molecule has 0 aliphatic carbocycles. The number of Topliss-reactive ketones (excluding diaryl/α,β-unsaturated/α-hetero) is 1. The van der Waals surface area contributed by atoms with Gasteiger partial charge in [-0.05, 0) is 55.7 Å². The fraction of sp³-hybridized carbons (Fsp3) is 0.190. The van der Waals surface area contributed by atoms with E-state index in [0.29, 0.717) is 17.3 Å². The first-order chi connectivity index (χ1) is 12.7. The summed E-state index contributed by atoms with van der Waals surface area (Å²) >= 11 is 0. The molecular formula is C21H22N4O. The van der Waals surface area contributed by atoms with Crippen LogP contribution in [0.4, 0.5) is 17.5 Å². The van der Waals surface area contributed by atoms with Crippen LogP contribution in [0.5, 0.6) is 0 Å². The largest absolute Gasteiger partial charge is 0.354 e. The highest BCUT2D eigenvalue weighted by atomic mass is 16.1. The summed E-state index contributed by atoms with van der Waals surface area (Å²) in [6, 6.07) is 19.6. The molecule has 0 unspecified atom stereocenters. The highest BCUT2D eigenvalue weighted by molar-refractivity contribution is 5.94. The lowest BCUT2D eigenvalue weighted by atomic mass is 10.1. The first-order valence-corrected chi connectivity index (χ1v) is 8.69. The van der Waals surface area contributed by atoms with Crippen LogP contribution in [-0.2, 0) is 6.42 Å². The summed E-state index contributed by atoms with van der Waals surface area (Å²) in [5.41, 5.74) is 2.90. The van der Waals surface area contributed by atoms with E-state index in [4.69, 9.17) is 0 Å². The summed E-state index contributed by atoms with van der Waals surface area (Å²) in [5.74, 6) is 1.37. The standard InChI is InChI=1S/C21H22N4O/c1-16(26)18-9-11-19(12-10-18)24-20-13-15-23-21(25-20)22-14-5-8-17-6-3-2-4-7-17/h2-4,6-7,9-13,15H,5,8,14H2,1H3,(H2,22,23,24,25). The van der Waals surface area contributed by atoms with Crippen LogP contribution in [0.25, 0.3) is 0 Å². The van der Waals surface area contributed by atoms with E-state index in [9.17, 15) is 4.79 Å². The van der Waals surface area contributed by atoms with E-state index in [1.54, 1.807) is 25.3 Å². The van der Waals surface area contributed by atoms with Crippen LogP contribution in [0.15, 0.2) is 66.9 Å². The second kappa shape index (κ2) is 8.76. The number of aromatic nitrogens is 2. The van der Waals surface area contributed by atoms with E-state index in [1.165, 1.54) is 5.56 Å². The summed E-state index contributed by atoms with van der Waals surface area (Å²) in [5, 5.41) is 6.48. The number of anilines is 3. The van der Waals surface area contributed by atoms with Crippen molar-refractivity contribution in [3.05, 3.63) is 78.0 Å². The molecule has 2 N–H and O–H groups in total. The van der Waals surface area contributed by atoms with Gasteiger partial charge in [-0.15, -0.1) is 0 Å². The Kier molecular flexibility index (Phi) is 5.93. The van der Waals surface area contributed by atoms with Crippen molar-refractivity contribution in [3.63, 3.8) is 0 Å². The number of carbonyl (C=O) groups is 1. The minimum atomic E-state index is 0.0561. The second-order valence-corrected chi connectivity index (χ2v) is 6.04. The lowest BCUT2D eigenvalue weighted by molar-refractivity contribution is 0.101. The maximum absolute atomic E-state index is 11.3. The van der Waals surface area contributed by atoms with Crippen LogP contribution in [0.1, 0.15) is 29.3 Å². The molecule has 1 heterocycles. The molecule has 3 rings (SSSR count). The minimum Gasteiger partial charge on any atom is -0.354 e. The molecular weight excluding hydrogens is 324 g/mol. The van der Waals surface area contributed by atoms with Gasteiger partial charge in [0.15, 0.2) is 5.78 Å². The van der Waals surface area contributed by atoms with E-state index in [1.807, 2.05) is 24.3 Å². The van der Waals surface area contributed by atoms with Crippen LogP contribution in [0.2, 0.25) is 0 Å². The molecule has 26 heavy (non-hydrogen) atoms. The number of nitrogens with one attached hydrogen (secondary N) is 2. The third-order valence-corrected chi connectivity index (χ3v) is 3.99. The molecule has 132 valence electrons. The van der Waals surface area contributed by atoms with Crippen molar-refractivity contribution >= 4 is 23.2 Å². The molecule has 0 saturated carbocycles. The zero-order valence-electron chi connectivity index (χ0n) is 14.8. The van der Waals surface area contributed by atoms with E-state index >= 15 is 0 Å². The molecule has 0 saturated heterocycles. The monoisotopic (exact) mass is 346 g/mol. The van der Waals surface area contributed by atoms with Crippen LogP contribution in [0, 0.1) is 0 Å². The molecule has 1 aromatic heterocycles. The van der Waals surface area contributed by atoms with Crippen LogP contribution >= 0.6 is 0 Å². The summed E-state index contributed by atoms with van der Waals surface area (Å²) in [6.07, 6.45) is 3.75. The van der Waals surface area contributed by atoms with Gasteiger partial charge < -0.3 is 10.6 Å². The minimum absolute atomic E-state index is 0.0561. The molecule has 5 heteroatoms. The second-order valence-electron chi connectivity index (χ2n) is 6.04. The first kappa shape index (κ1) is 17.6. The number of hydrogen-bond acceptors (Lipinski definition) is 5. The molecule has 0 bridgehead atoms. The van der Waals surface area contributed by atoms with Gasteiger partial charge in [-0.3, -0.25) is 4.79 Å². The fourth-order valence-electron chi connectivity index (χ4n) is 2.59. The van der Waals surface area contributed by atoms with E-state index in [-0.39, 0.29) is 5.78 Å². The van der Waals surface area contributed by atoms with Crippen LogP contribution in [0.3, 0.4) is 0 Å². The van der Waals surface area contributed by atoms with Gasteiger partial charge in [0.05, 0.1) is 0 Å². The lowest BCUT2D eigenvalue weighted by Gasteiger charge is -2.09. The molecule has 0 fully saturated rings. The van der Waals surface area contributed by atoms with Gasteiger partial charge in [0.25, 0.3) is 0 Å². The lowest BCUT2D eigenvalue weighted by Crippen LogP contribution is -2.07. The predicted molar refractivity (Wildman–Crippen MR) is 105 cm³/mol. The molecule has 0 radical (unpaired) electrons. The summed E-state index contributed by atoms with van der Waals surface area (Å²) in [4.78, 5) is 20.1. The highest BCUT2D eigenvalue weighted by Crippen LogP contribution is 2.16. The zero-order valence-corrected chi connectivity index (χ0v) is 14.8. The topological polar surface area (TPSA) is 66.9 Å². The smallest absolute Gasteiger partial charge is 0.224 e. The van der Waals surface area contributed by atoms with Crippen molar-refractivity contribution in [2.24, 2.45) is 0 Å². The van der Waals surface area contributed by atoms with Crippen LogP contribution < -0.4 is 10.6 Å². The summed E-state index contributed by atoms with van der Waals surface area (Å²) in [7, 11) is 0. The number of ketones is 1. The van der Waals surface area contributed by atoms with Gasteiger partial charge in [-0.1, -0.05) is 30.3 Å². The zero-order chi connectivity index (χ0) is 18.2. The number of aryl methyl sites for hydroxylation is 1. The molecule has 3 aromatic rings. The SMILES string of the molecule is CC(=O)c1ccc(Nc2ccnc(NCCCc3ccccc3)n2)cc1. The van der Waals surface area contributed by atoms with Crippen LogP contribution in [-0.4, -0.2) is 22.3 Å². The predicted octanol–water partition coefficient (Wildman–Crippen LogP) is 4.47. The molecule has 2 aromatic carbocycles. The average Bonchev–Trinajstić information content (AvgIpc) is 2.67. The number of hydrogen-bond donors (Lipinski definition) is 2. The molecule has 0 aliphatic rings. The van der Waals surface area contributed by atoms with Gasteiger partial charge in [0, 0.05) is 24.0 Å². The number of rotatable bonds is 8. The Morgan fingerprint density at radius 1 is 1.00 bits per heavy atom. The van der Waals surface area contributed by atoms with Crippen molar-refractivity contribution in [1.82, 2.24) is 9.97 Å². The quantitative estimate of drug-likeness (QED) is 0.465. The highest BCUT2D eigenvalue weighted by Gasteiger charge is 2.02. The molecule has 0 amide bonds. The van der Waals surface area contributed by atoms with Crippen molar-refractivity contribution in [2.45, 2.75) is 19.8 Å². The Bertz CT molecular complexity index is 847. The Labute approximate surface area is 153 Å². The molecule has 0 spiro atoms. The molecule has 5 nitrogen and oxygen atoms in total. The molecule has 0 atom stereocenters. The number of carbonyl (C=O) groups excluding carboxylic acids is 1. The third-order valence-electron chi connectivity index (χ3n) is 3.99. The molecule has 0 aliphatic heterocycles. The Balaban J connectivity index is 1.52. The Morgan fingerprint density at radius 3 is 2.50 bits per heavy atom. The van der Waals surface area contributed by atoms with Crippen molar-refractivity contribution in [3.8, 4) is 0 Å². The van der Waals surface area contributed by atoms with Gasteiger partial charge in [0.2, 0.25) is 5.95 Å². The third kappa shape index (κ3) is 5.14. The van der Waals surface area contributed by atoms with Crippen molar-refractivity contribution < 1.29 is 4.79 Å². The summed E-state index contributed by atoms with van der Waals surface area (Å²) < 4.78 is 0. The van der Waals surface area contributed by atoms with Crippen molar-refractivity contribution in [1.29, 1.82) is 0 Å².